The Labute approximate surface area is 102 Å². The van der Waals surface area contributed by atoms with Crippen molar-refractivity contribution in [1.82, 2.24) is 15.2 Å². The maximum absolute atomic E-state index is 12.5. The Bertz CT molecular complexity index is 512. The summed E-state index contributed by atoms with van der Waals surface area (Å²) in [6.45, 7) is 1.86. The van der Waals surface area contributed by atoms with Gasteiger partial charge in [0.15, 0.2) is 0 Å². The number of rotatable bonds is 4. The first kappa shape index (κ1) is 12.3. The summed E-state index contributed by atoms with van der Waals surface area (Å²) in [5, 5.41) is 9.53. The van der Waals surface area contributed by atoms with Gasteiger partial charge in [0.25, 0.3) is 6.43 Å². The molecule has 0 bridgehead atoms. The van der Waals surface area contributed by atoms with Crippen molar-refractivity contribution >= 4 is 11.4 Å². The molecule has 1 atom stereocenters. The summed E-state index contributed by atoms with van der Waals surface area (Å²) < 4.78 is 24.9. The van der Waals surface area contributed by atoms with Crippen molar-refractivity contribution in [2.75, 3.05) is 11.1 Å². The molecule has 1 aromatic carbocycles. The summed E-state index contributed by atoms with van der Waals surface area (Å²) in [6.07, 6.45) is -1.12. The highest BCUT2D eigenvalue weighted by Gasteiger charge is 2.12. The monoisotopic (exact) mass is 253 g/mol. The van der Waals surface area contributed by atoms with Crippen LogP contribution in [0.5, 0.6) is 0 Å². The number of anilines is 2. The summed E-state index contributed by atoms with van der Waals surface area (Å²) in [5.74, 6) is 0.646. The lowest BCUT2D eigenvalue weighted by atomic mass is 10.1. The van der Waals surface area contributed by atoms with E-state index in [0.717, 1.165) is 0 Å². The number of hydrogen-bond acceptors (Lipinski definition) is 4. The molecule has 1 unspecified atom stereocenters. The van der Waals surface area contributed by atoms with Crippen LogP contribution < -0.4 is 11.1 Å². The van der Waals surface area contributed by atoms with Gasteiger partial charge in [-0.3, -0.25) is 5.10 Å². The highest BCUT2D eigenvalue weighted by atomic mass is 19.3. The third-order valence-corrected chi connectivity index (χ3v) is 2.54. The van der Waals surface area contributed by atoms with E-state index in [1.807, 2.05) is 6.92 Å². The van der Waals surface area contributed by atoms with E-state index in [9.17, 15) is 8.78 Å². The van der Waals surface area contributed by atoms with Crippen LogP contribution in [-0.2, 0) is 0 Å². The molecule has 96 valence electrons. The van der Waals surface area contributed by atoms with Crippen LogP contribution >= 0.6 is 0 Å². The van der Waals surface area contributed by atoms with Crippen molar-refractivity contribution in [3.05, 3.63) is 35.9 Å². The molecule has 1 heterocycles. The molecule has 0 aliphatic carbocycles. The van der Waals surface area contributed by atoms with E-state index < -0.39 is 6.43 Å². The summed E-state index contributed by atoms with van der Waals surface area (Å²) >= 11 is 0. The average molecular weight is 253 g/mol. The lowest BCUT2D eigenvalue weighted by molar-refractivity contribution is 0.151. The number of nitrogens with one attached hydrogen (secondary N) is 2. The molecule has 18 heavy (non-hydrogen) atoms. The van der Waals surface area contributed by atoms with Crippen LogP contribution in [0.25, 0.3) is 0 Å². The maximum atomic E-state index is 12.5. The standard InChI is InChI=1S/C11H13F2N5/c1-6(11-15-5-16-18-11)17-9-3-2-7(10(12)13)4-8(9)14/h2-6,10,17H,14H2,1H3,(H,15,16,18). The van der Waals surface area contributed by atoms with Gasteiger partial charge in [-0.25, -0.2) is 13.8 Å². The van der Waals surface area contributed by atoms with Gasteiger partial charge in [0, 0.05) is 5.56 Å². The molecule has 7 heteroatoms. The van der Waals surface area contributed by atoms with Gasteiger partial charge in [0.2, 0.25) is 0 Å². The number of hydrogen-bond donors (Lipinski definition) is 3. The van der Waals surface area contributed by atoms with Crippen molar-refractivity contribution in [2.24, 2.45) is 0 Å². The second-order valence-corrected chi connectivity index (χ2v) is 3.88. The molecule has 5 nitrogen and oxygen atoms in total. The van der Waals surface area contributed by atoms with Crippen molar-refractivity contribution in [1.29, 1.82) is 0 Å². The molecule has 0 aliphatic rings. The SMILES string of the molecule is CC(Nc1ccc(C(F)F)cc1N)c1ncn[nH]1. The molecular formula is C11H13F2N5. The lowest BCUT2D eigenvalue weighted by Gasteiger charge is -2.15. The molecule has 4 N–H and O–H groups in total. The largest absolute Gasteiger partial charge is 0.397 e. The van der Waals surface area contributed by atoms with Gasteiger partial charge < -0.3 is 11.1 Å². The van der Waals surface area contributed by atoms with Crippen LogP contribution in [0.4, 0.5) is 20.2 Å². The minimum absolute atomic E-state index is 0.0923. The predicted octanol–water partition coefficient (Wildman–Crippen LogP) is 2.50. The van der Waals surface area contributed by atoms with E-state index >= 15 is 0 Å². The molecule has 0 aliphatic heterocycles. The number of H-pyrrole nitrogens is 1. The highest BCUT2D eigenvalue weighted by molar-refractivity contribution is 5.67. The van der Waals surface area contributed by atoms with Crippen LogP contribution in [0.3, 0.4) is 0 Å². The Morgan fingerprint density at radius 2 is 2.17 bits per heavy atom. The number of alkyl halides is 2. The molecular weight excluding hydrogens is 240 g/mol. The van der Waals surface area contributed by atoms with E-state index in [0.29, 0.717) is 11.5 Å². The van der Waals surface area contributed by atoms with Crippen LogP contribution in [0.1, 0.15) is 30.8 Å². The first-order valence-corrected chi connectivity index (χ1v) is 5.37. The third kappa shape index (κ3) is 2.55. The number of benzene rings is 1. The fourth-order valence-corrected chi connectivity index (χ4v) is 1.57. The van der Waals surface area contributed by atoms with Crippen molar-refractivity contribution in [2.45, 2.75) is 19.4 Å². The van der Waals surface area contributed by atoms with Gasteiger partial charge in [0.05, 0.1) is 17.4 Å². The lowest BCUT2D eigenvalue weighted by Crippen LogP contribution is -2.10. The molecule has 2 aromatic rings. The maximum Gasteiger partial charge on any atom is 0.263 e. The zero-order chi connectivity index (χ0) is 13.1. The summed E-state index contributed by atoms with van der Waals surface area (Å²) in [4.78, 5) is 4.00. The number of nitrogens with zero attached hydrogens (tertiary/aromatic N) is 2. The second kappa shape index (κ2) is 4.99. The molecule has 0 spiro atoms. The van der Waals surface area contributed by atoms with E-state index in [2.05, 4.69) is 20.5 Å². The van der Waals surface area contributed by atoms with Crippen LogP contribution in [-0.4, -0.2) is 15.2 Å². The molecule has 1 aromatic heterocycles. The fourth-order valence-electron chi connectivity index (χ4n) is 1.57. The molecule has 0 saturated heterocycles. The summed E-state index contributed by atoms with van der Waals surface area (Å²) in [7, 11) is 0. The third-order valence-electron chi connectivity index (χ3n) is 2.54. The van der Waals surface area contributed by atoms with Gasteiger partial charge in [-0.1, -0.05) is 6.07 Å². The minimum atomic E-state index is -2.52. The Balaban J connectivity index is 2.15. The van der Waals surface area contributed by atoms with E-state index in [1.165, 1.54) is 24.5 Å². The number of aromatic amines is 1. The molecule has 0 saturated carbocycles. The predicted molar refractivity (Wildman–Crippen MR) is 64.2 cm³/mol. The van der Waals surface area contributed by atoms with E-state index in [-0.39, 0.29) is 17.3 Å². The normalized spacial score (nSPS) is 12.7. The average Bonchev–Trinajstić information content (AvgIpc) is 2.85. The van der Waals surface area contributed by atoms with E-state index in [4.69, 9.17) is 5.73 Å². The molecule has 0 fully saturated rings. The topological polar surface area (TPSA) is 79.6 Å². The van der Waals surface area contributed by atoms with Gasteiger partial charge in [-0.05, 0) is 19.1 Å². The fraction of sp³-hybridized carbons (Fsp3) is 0.273. The first-order valence-electron chi connectivity index (χ1n) is 5.37. The molecule has 2 rings (SSSR count). The van der Waals surface area contributed by atoms with Crippen LogP contribution in [0.15, 0.2) is 24.5 Å². The van der Waals surface area contributed by atoms with Crippen LogP contribution in [0, 0.1) is 0 Å². The Hall–Kier alpha value is -2.18. The zero-order valence-corrected chi connectivity index (χ0v) is 9.69. The van der Waals surface area contributed by atoms with Gasteiger partial charge in [0.1, 0.15) is 12.2 Å². The van der Waals surface area contributed by atoms with E-state index in [1.54, 1.807) is 0 Å². The van der Waals surface area contributed by atoms with Gasteiger partial charge >= 0.3 is 0 Å². The summed E-state index contributed by atoms with van der Waals surface area (Å²) in [5.41, 5.74) is 6.49. The Kier molecular flexibility index (Phi) is 3.40. The van der Waals surface area contributed by atoms with Gasteiger partial charge in [-0.2, -0.15) is 5.10 Å². The number of nitrogen functional groups attached to an aromatic ring is 1. The Morgan fingerprint density at radius 1 is 1.39 bits per heavy atom. The molecule has 0 radical (unpaired) electrons. The number of aromatic nitrogens is 3. The number of nitrogens with two attached hydrogens (primary N) is 1. The van der Waals surface area contributed by atoms with Crippen molar-refractivity contribution in [3.8, 4) is 0 Å². The van der Waals surface area contributed by atoms with Crippen molar-refractivity contribution in [3.63, 3.8) is 0 Å². The van der Waals surface area contributed by atoms with Crippen LogP contribution in [0.2, 0.25) is 0 Å². The van der Waals surface area contributed by atoms with Gasteiger partial charge in [-0.15, -0.1) is 0 Å². The highest BCUT2D eigenvalue weighted by Crippen LogP contribution is 2.28. The second-order valence-electron chi connectivity index (χ2n) is 3.88. The van der Waals surface area contributed by atoms with Crippen molar-refractivity contribution < 1.29 is 8.78 Å². The smallest absolute Gasteiger partial charge is 0.263 e. The molecule has 0 amide bonds. The quantitative estimate of drug-likeness (QED) is 0.731. The summed E-state index contributed by atoms with van der Waals surface area (Å²) in [6, 6.07) is 3.99. The zero-order valence-electron chi connectivity index (χ0n) is 9.69. The number of halogens is 2. The first-order chi connectivity index (χ1) is 8.58. The Morgan fingerprint density at radius 3 is 2.72 bits per heavy atom. The minimum Gasteiger partial charge on any atom is -0.397 e.